The Balaban J connectivity index is 2.93. The molecule has 1 rings (SSSR count). The largest absolute Gasteiger partial charge is 0.293 e. The van der Waals surface area contributed by atoms with E-state index in [1.165, 1.54) is 6.20 Å². The third kappa shape index (κ3) is 2.01. The molecular weight excluding hydrogens is 168 g/mol. The molecule has 0 saturated carbocycles. The summed E-state index contributed by atoms with van der Waals surface area (Å²) in [5.74, 6) is 3.41. The second kappa shape index (κ2) is 4.18. The number of carbonyl (C=O) groups is 1. The molecule has 1 amide bonds. The molecule has 3 N–H and O–H groups in total. The van der Waals surface area contributed by atoms with E-state index in [2.05, 4.69) is 4.98 Å². The van der Waals surface area contributed by atoms with Crippen LogP contribution >= 0.6 is 0 Å². The van der Waals surface area contributed by atoms with Crippen LogP contribution in [0, 0.1) is 11.3 Å². The molecule has 0 saturated heterocycles. The van der Waals surface area contributed by atoms with Crippen molar-refractivity contribution in [2.24, 2.45) is 5.84 Å². The highest BCUT2D eigenvalue weighted by molar-refractivity contribution is 5.85. The number of hydrogen-bond donors (Lipinski definition) is 2. The van der Waals surface area contributed by atoms with Crippen molar-refractivity contribution in [3.05, 3.63) is 30.1 Å². The summed E-state index contributed by atoms with van der Waals surface area (Å²) < 4.78 is 0. The zero-order valence-corrected chi connectivity index (χ0v) is 6.77. The second-order valence-corrected chi connectivity index (χ2v) is 2.33. The van der Waals surface area contributed by atoms with Gasteiger partial charge < -0.3 is 0 Å². The Morgan fingerprint density at radius 1 is 1.69 bits per heavy atom. The first-order valence-corrected chi connectivity index (χ1v) is 3.60. The molecule has 0 aliphatic rings. The summed E-state index contributed by atoms with van der Waals surface area (Å²) in [5.41, 5.74) is 2.31. The van der Waals surface area contributed by atoms with Gasteiger partial charge in [-0.05, 0) is 12.1 Å². The van der Waals surface area contributed by atoms with Crippen LogP contribution in [0.1, 0.15) is 11.6 Å². The molecule has 0 aliphatic carbocycles. The van der Waals surface area contributed by atoms with Crippen molar-refractivity contribution in [3.8, 4) is 6.07 Å². The number of nitrogens with zero attached hydrogens (tertiary/aromatic N) is 2. The smallest absolute Gasteiger partial charge is 0.257 e. The van der Waals surface area contributed by atoms with Gasteiger partial charge in [0.15, 0.2) is 5.92 Å². The molecule has 1 aromatic rings. The van der Waals surface area contributed by atoms with Gasteiger partial charge >= 0.3 is 0 Å². The van der Waals surface area contributed by atoms with Crippen LogP contribution in [-0.2, 0) is 4.79 Å². The first-order chi connectivity index (χ1) is 6.29. The number of rotatable bonds is 2. The van der Waals surface area contributed by atoms with Gasteiger partial charge in [-0.25, -0.2) is 5.84 Å². The lowest BCUT2D eigenvalue weighted by molar-refractivity contribution is -0.121. The Morgan fingerprint density at radius 2 is 2.46 bits per heavy atom. The molecule has 0 fully saturated rings. The van der Waals surface area contributed by atoms with E-state index in [0.717, 1.165) is 0 Å². The van der Waals surface area contributed by atoms with E-state index in [0.29, 0.717) is 5.69 Å². The number of carbonyl (C=O) groups excluding carboxylic acids is 1. The highest BCUT2D eigenvalue weighted by atomic mass is 16.2. The summed E-state index contributed by atoms with van der Waals surface area (Å²) >= 11 is 0. The molecule has 0 radical (unpaired) electrons. The van der Waals surface area contributed by atoms with Crippen LogP contribution in [0.4, 0.5) is 0 Å². The van der Waals surface area contributed by atoms with Crippen LogP contribution in [0.2, 0.25) is 0 Å². The fourth-order valence-electron chi connectivity index (χ4n) is 0.889. The maximum atomic E-state index is 11.0. The van der Waals surface area contributed by atoms with E-state index >= 15 is 0 Å². The zero-order valence-electron chi connectivity index (χ0n) is 6.77. The molecule has 5 heteroatoms. The molecular formula is C8H8N4O. The number of pyridine rings is 1. The minimum Gasteiger partial charge on any atom is -0.293 e. The number of hydrazine groups is 1. The minimum absolute atomic E-state index is 0.396. The van der Waals surface area contributed by atoms with E-state index in [4.69, 9.17) is 11.1 Å². The van der Waals surface area contributed by atoms with E-state index in [1.54, 1.807) is 18.2 Å². The summed E-state index contributed by atoms with van der Waals surface area (Å²) in [5, 5.41) is 8.67. The first kappa shape index (κ1) is 9.16. The van der Waals surface area contributed by atoms with Gasteiger partial charge in [0.25, 0.3) is 5.91 Å². The quantitative estimate of drug-likeness (QED) is 0.367. The van der Waals surface area contributed by atoms with Crippen LogP contribution in [0.3, 0.4) is 0 Å². The SMILES string of the molecule is N#CC(C(=O)NN)c1ccccn1. The average molecular weight is 176 g/mol. The van der Waals surface area contributed by atoms with Gasteiger partial charge in [0.05, 0.1) is 11.8 Å². The Morgan fingerprint density at radius 3 is 2.92 bits per heavy atom. The molecule has 0 spiro atoms. The molecule has 0 bridgehead atoms. The Bertz CT molecular complexity index is 330. The molecule has 0 aliphatic heterocycles. The van der Waals surface area contributed by atoms with Gasteiger partial charge in [-0.2, -0.15) is 5.26 Å². The van der Waals surface area contributed by atoms with Crippen LogP contribution in [0.5, 0.6) is 0 Å². The van der Waals surface area contributed by atoms with Gasteiger partial charge in [0, 0.05) is 6.20 Å². The van der Waals surface area contributed by atoms with E-state index in [9.17, 15) is 4.79 Å². The molecule has 1 aromatic heterocycles. The van der Waals surface area contributed by atoms with Gasteiger partial charge in [-0.15, -0.1) is 0 Å². The van der Waals surface area contributed by atoms with Crippen LogP contribution < -0.4 is 11.3 Å². The lowest BCUT2D eigenvalue weighted by Gasteiger charge is -2.05. The van der Waals surface area contributed by atoms with E-state index < -0.39 is 11.8 Å². The molecule has 5 nitrogen and oxygen atoms in total. The maximum absolute atomic E-state index is 11.0. The van der Waals surface area contributed by atoms with E-state index in [1.807, 2.05) is 11.5 Å². The van der Waals surface area contributed by atoms with Gasteiger partial charge in [-0.3, -0.25) is 15.2 Å². The Hall–Kier alpha value is -1.93. The van der Waals surface area contributed by atoms with Crippen molar-refractivity contribution in [2.45, 2.75) is 5.92 Å². The lowest BCUT2D eigenvalue weighted by Crippen LogP contribution is -2.34. The third-order valence-corrected chi connectivity index (χ3v) is 1.52. The summed E-state index contributed by atoms with van der Waals surface area (Å²) in [6.07, 6.45) is 1.52. The van der Waals surface area contributed by atoms with Crippen LogP contribution in [-0.4, -0.2) is 10.9 Å². The maximum Gasteiger partial charge on any atom is 0.257 e. The number of aromatic nitrogens is 1. The Labute approximate surface area is 75.2 Å². The van der Waals surface area contributed by atoms with Gasteiger partial charge in [0.1, 0.15) is 0 Å². The summed E-state index contributed by atoms with van der Waals surface area (Å²) in [7, 11) is 0. The highest BCUT2D eigenvalue weighted by Crippen LogP contribution is 2.10. The first-order valence-electron chi connectivity index (χ1n) is 3.60. The lowest BCUT2D eigenvalue weighted by atomic mass is 10.1. The fourth-order valence-corrected chi connectivity index (χ4v) is 0.889. The van der Waals surface area contributed by atoms with Crippen molar-refractivity contribution in [3.63, 3.8) is 0 Å². The van der Waals surface area contributed by atoms with Crippen molar-refractivity contribution < 1.29 is 4.79 Å². The predicted molar refractivity (Wildman–Crippen MR) is 44.9 cm³/mol. The van der Waals surface area contributed by atoms with E-state index in [-0.39, 0.29) is 0 Å². The number of nitrogens with two attached hydrogens (primary N) is 1. The van der Waals surface area contributed by atoms with Gasteiger partial charge in [0.2, 0.25) is 0 Å². The molecule has 66 valence electrons. The normalized spacial score (nSPS) is 11.4. The second-order valence-electron chi connectivity index (χ2n) is 2.33. The monoisotopic (exact) mass is 176 g/mol. The number of nitriles is 1. The standard InChI is InChI=1S/C8H8N4O/c9-5-6(8(13)12-10)7-3-1-2-4-11-7/h1-4,6H,10H2,(H,12,13). The van der Waals surface area contributed by atoms with Gasteiger partial charge in [-0.1, -0.05) is 6.07 Å². The molecule has 1 heterocycles. The molecule has 0 aromatic carbocycles. The Kier molecular flexibility index (Phi) is 2.95. The van der Waals surface area contributed by atoms with Crippen molar-refractivity contribution in [1.82, 2.24) is 10.4 Å². The highest BCUT2D eigenvalue weighted by Gasteiger charge is 2.19. The van der Waals surface area contributed by atoms with Crippen LogP contribution in [0.25, 0.3) is 0 Å². The average Bonchev–Trinajstić information content (AvgIpc) is 2.20. The van der Waals surface area contributed by atoms with Crippen molar-refractivity contribution in [2.75, 3.05) is 0 Å². The summed E-state index contributed by atoms with van der Waals surface area (Å²) in [6.45, 7) is 0. The third-order valence-electron chi connectivity index (χ3n) is 1.52. The fraction of sp³-hybridized carbons (Fsp3) is 0.125. The predicted octanol–water partition coefficient (Wildman–Crippen LogP) is -0.321. The van der Waals surface area contributed by atoms with Crippen molar-refractivity contribution in [1.29, 1.82) is 5.26 Å². The topological polar surface area (TPSA) is 91.8 Å². The minimum atomic E-state index is -0.939. The molecule has 13 heavy (non-hydrogen) atoms. The number of amides is 1. The summed E-state index contributed by atoms with van der Waals surface area (Å²) in [4.78, 5) is 14.9. The molecule has 1 atom stereocenters. The molecule has 1 unspecified atom stereocenters. The number of hydrogen-bond acceptors (Lipinski definition) is 4. The summed E-state index contributed by atoms with van der Waals surface area (Å²) in [6, 6.07) is 6.83. The van der Waals surface area contributed by atoms with Crippen LogP contribution in [0.15, 0.2) is 24.4 Å². The van der Waals surface area contributed by atoms with Crippen molar-refractivity contribution >= 4 is 5.91 Å². The number of nitrogens with one attached hydrogen (secondary N) is 1. The zero-order chi connectivity index (χ0) is 9.68.